The SMILES string of the molecule is C#N.C1=CCCC=C1. The molecule has 0 spiro atoms. The molecule has 0 atom stereocenters. The van der Waals surface area contributed by atoms with Crippen LogP contribution < -0.4 is 0 Å². The largest absolute Gasteiger partial charge is 0.202 e. The molecule has 0 fully saturated rings. The minimum absolute atomic E-state index is 1.23. The Morgan fingerprint density at radius 1 is 1.00 bits per heavy atom. The molecule has 1 nitrogen and oxygen atoms in total. The maximum absolute atomic E-state index is 6.50. The topological polar surface area (TPSA) is 23.8 Å². The summed E-state index contributed by atoms with van der Waals surface area (Å²) in [4.78, 5) is 0. The van der Waals surface area contributed by atoms with Crippen molar-refractivity contribution < 1.29 is 0 Å². The Hall–Kier alpha value is -1.03. The third kappa shape index (κ3) is 3.17. The van der Waals surface area contributed by atoms with Gasteiger partial charge in [0.05, 0.1) is 0 Å². The number of nitrogens with zero attached hydrogens (tertiary/aromatic N) is 1. The number of nitriles is 1. The summed E-state index contributed by atoms with van der Waals surface area (Å²) >= 11 is 0. The van der Waals surface area contributed by atoms with E-state index in [2.05, 4.69) is 30.9 Å². The molecule has 42 valence electrons. The van der Waals surface area contributed by atoms with E-state index in [1.54, 1.807) is 0 Å². The molecule has 0 aromatic rings. The smallest absolute Gasteiger partial charge is 0.0462 e. The molecule has 1 aliphatic rings. The van der Waals surface area contributed by atoms with Crippen molar-refractivity contribution in [3.8, 4) is 6.57 Å². The predicted octanol–water partition coefficient (Wildman–Crippen LogP) is 2.03. The van der Waals surface area contributed by atoms with Crippen LogP contribution in [0.3, 0.4) is 0 Å². The van der Waals surface area contributed by atoms with Gasteiger partial charge < -0.3 is 0 Å². The maximum Gasteiger partial charge on any atom is 0.0462 e. The molecule has 0 heterocycles. The third-order valence-electron chi connectivity index (χ3n) is 0.883. The standard InChI is InChI=1S/C6H8.CHN/c1-2-4-6-5-3-1;1-2/h1-4H,5-6H2;1H. The van der Waals surface area contributed by atoms with Gasteiger partial charge in [-0.05, 0) is 12.8 Å². The van der Waals surface area contributed by atoms with Crippen molar-refractivity contribution >= 4 is 0 Å². The Balaban J connectivity index is 0.000000222. The van der Waals surface area contributed by atoms with E-state index < -0.39 is 0 Å². The lowest BCUT2D eigenvalue weighted by Gasteiger charge is -1.88. The Bertz CT molecular complexity index is 96.8. The first kappa shape index (κ1) is 6.97. The zero-order valence-corrected chi connectivity index (χ0v) is 4.75. The molecule has 0 aromatic carbocycles. The fraction of sp³-hybridized carbons (Fsp3) is 0.286. The van der Waals surface area contributed by atoms with Gasteiger partial charge in [-0.2, -0.15) is 0 Å². The number of rotatable bonds is 0. The molecule has 0 amide bonds. The number of allylic oxidation sites excluding steroid dienone is 4. The minimum atomic E-state index is 1.23. The van der Waals surface area contributed by atoms with Crippen LogP contribution in [0.5, 0.6) is 0 Å². The van der Waals surface area contributed by atoms with Crippen LogP contribution in [0.2, 0.25) is 0 Å². The van der Waals surface area contributed by atoms with Gasteiger partial charge in [-0.1, -0.05) is 24.3 Å². The Labute approximate surface area is 49.9 Å². The van der Waals surface area contributed by atoms with Gasteiger partial charge in [-0.15, -0.1) is 0 Å². The monoisotopic (exact) mass is 107 g/mol. The van der Waals surface area contributed by atoms with Crippen LogP contribution in [0.15, 0.2) is 24.3 Å². The van der Waals surface area contributed by atoms with Crippen molar-refractivity contribution in [3.63, 3.8) is 0 Å². The zero-order chi connectivity index (χ0) is 6.24. The van der Waals surface area contributed by atoms with Crippen LogP contribution in [0, 0.1) is 11.8 Å². The van der Waals surface area contributed by atoms with E-state index in [-0.39, 0.29) is 0 Å². The average Bonchev–Trinajstić information content (AvgIpc) is 1.96. The molecular weight excluding hydrogens is 98.1 g/mol. The van der Waals surface area contributed by atoms with Gasteiger partial charge in [-0.25, -0.2) is 5.26 Å². The van der Waals surface area contributed by atoms with Crippen molar-refractivity contribution in [2.24, 2.45) is 0 Å². The number of hydrogen-bond acceptors (Lipinski definition) is 1. The van der Waals surface area contributed by atoms with Gasteiger partial charge in [0.15, 0.2) is 0 Å². The lowest BCUT2D eigenvalue weighted by atomic mass is 10.2. The van der Waals surface area contributed by atoms with E-state index >= 15 is 0 Å². The summed E-state index contributed by atoms with van der Waals surface area (Å²) in [7, 11) is 0. The first-order valence-corrected chi connectivity index (χ1v) is 2.57. The molecule has 0 unspecified atom stereocenters. The highest BCUT2D eigenvalue weighted by Gasteiger charge is 1.77. The van der Waals surface area contributed by atoms with E-state index in [1.165, 1.54) is 12.8 Å². The molecule has 8 heavy (non-hydrogen) atoms. The Morgan fingerprint density at radius 2 is 1.38 bits per heavy atom. The highest BCUT2D eigenvalue weighted by molar-refractivity contribution is 5.07. The van der Waals surface area contributed by atoms with Crippen molar-refractivity contribution in [3.05, 3.63) is 24.3 Å². The van der Waals surface area contributed by atoms with Crippen LogP contribution in [-0.2, 0) is 0 Å². The molecular formula is C7H9N. The van der Waals surface area contributed by atoms with Crippen molar-refractivity contribution in [2.75, 3.05) is 0 Å². The summed E-state index contributed by atoms with van der Waals surface area (Å²) in [5.74, 6) is 0. The molecule has 1 heteroatoms. The van der Waals surface area contributed by atoms with Crippen LogP contribution in [0.25, 0.3) is 0 Å². The Kier molecular flexibility index (Phi) is 5.20. The molecule has 0 N–H and O–H groups in total. The molecule has 1 rings (SSSR count). The quantitative estimate of drug-likeness (QED) is 0.464. The summed E-state index contributed by atoms with van der Waals surface area (Å²) in [6.45, 7) is 3.50. The van der Waals surface area contributed by atoms with Crippen molar-refractivity contribution in [2.45, 2.75) is 12.8 Å². The van der Waals surface area contributed by atoms with E-state index in [0.29, 0.717) is 0 Å². The van der Waals surface area contributed by atoms with Gasteiger partial charge in [-0.3, -0.25) is 0 Å². The molecule has 1 aliphatic carbocycles. The van der Waals surface area contributed by atoms with Gasteiger partial charge in [0, 0.05) is 6.57 Å². The first-order valence-electron chi connectivity index (χ1n) is 2.57. The molecule has 0 saturated carbocycles. The summed E-state index contributed by atoms with van der Waals surface area (Å²) < 4.78 is 0. The van der Waals surface area contributed by atoms with Gasteiger partial charge in [0.1, 0.15) is 0 Å². The molecule has 0 aromatic heterocycles. The van der Waals surface area contributed by atoms with Gasteiger partial charge in [0.25, 0.3) is 0 Å². The van der Waals surface area contributed by atoms with Gasteiger partial charge in [0.2, 0.25) is 0 Å². The fourth-order valence-corrected chi connectivity index (χ4v) is 0.542. The van der Waals surface area contributed by atoms with Crippen LogP contribution in [0.1, 0.15) is 12.8 Å². The minimum Gasteiger partial charge on any atom is -0.202 e. The average molecular weight is 107 g/mol. The van der Waals surface area contributed by atoms with E-state index in [1.807, 2.05) is 0 Å². The zero-order valence-electron chi connectivity index (χ0n) is 4.75. The summed E-state index contributed by atoms with van der Waals surface area (Å²) in [6.07, 6.45) is 11.0. The van der Waals surface area contributed by atoms with Crippen LogP contribution in [0.4, 0.5) is 0 Å². The van der Waals surface area contributed by atoms with Gasteiger partial charge >= 0.3 is 0 Å². The molecule has 0 aliphatic heterocycles. The summed E-state index contributed by atoms with van der Waals surface area (Å²) in [6, 6.07) is 0. The van der Waals surface area contributed by atoms with Crippen LogP contribution in [-0.4, -0.2) is 0 Å². The fourth-order valence-electron chi connectivity index (χ4n) is 0.542. The van der Waals surface area contributed by atoms with E-state index in [9.17, 15) is 0 Å². The predicted molar refractivity (Wildman–Crippen MR) is 34.2 cm³/mol. The highest BCUT2D eigenvalue weighted by Crippen LogP contribution is 1.98. The summed E-state index contributed by atoms with van der Waals surface area (Å²) in [5, 5.41) is 6.50. The van der Waals surface area contributed by atoms with Crippen molar-refractivity contribution in [1.82, 2.24) is 0 Å². The lowest BCUT2D eigenvalue weighted by Crippen LogP contribution is -1.67. The molecule has 0 bridgehead atoms. The second kappa shape index (κ2) is 5.97. The normalized spacial score (nSPS) is 14.2. The van der Waals surface area contributed by atoms with Crippen molar-refractivity contribution in [1.29, 1.82) is 5.26 Å². The van der Waals surface area contributed by atoms with Crippen LogP contribution >= 0.6 is 0 Å². The Morgan fingerprint density at radius 3 is 1.50 bits per heavy atom. The first-order chi connectivity index (χ1) is 4.00. The third-order valence-corrected chi connectivity index (χ3v) is 0.883. The second-order valence-corrected chi connectivity index (χ2v) is 1.43. The molecule has 0 saturated heterocycles. The van der Waals surface area contributed by atoms with E-state index in [0.717, 1.165) is 0 Å². The number of hydrogen-bond donors (Lipinski definition) is 0. The lowest BCUT2D eigenvalue weighted by molar-refractivity contribution is 1.04. The summed E-state index contributed by atoms with van der Waals surface area (Å²) in [5.41, 5.74) is 0. The maximum atomic E-state index is 6.50. The van der Waals surface area contributed by atoms with E-state index in [4.69, 9.17) is 5.26 Å². The highest BCUT2D eigenvalue weighted by atomic mass is 14.2. The molecule has 0 radical (unpaired) electrons. The second-order valence-electron chi connectivity index (χ2n) is 1.43.